The molecule has 0 aliphatic carbocycles. The number of benzene rings is 1. The van der Waals surface area contributed by atoms with Crippen molar-refractivity contribution in [1.29, 1.82) is 0 Å². The minimum absolute atomic E-state index is 0.177. The van der Waals surface area contributed by atoms with Crippen LogP contribution in [-0.2, 0) is 0 Å². The highest BCUT2D eigenvalue weighted by Crippen LogP contribution is 2.30. The van der Waals surface area contributed by atoms with Crippen LogP contribution in [-0.4, -0.2) is 0 Å². The van der Waals surface area contributed by atoms with Crippen LogP contribution < -0.4 is 11.3 Å². The maximum absolute atomic E-state index is 6.14. The van der Waals surface area contributed by atoms with Crippen molar-refractivity contribution < 1.29 is 4.42 Å². The maximum Gasteiger partial charge on any atom is 0.0954 e. The van der Waals surface area contributed by atoms with Gasteiger partial charge in [-0.2, -0.15) is 0 Å². The first-order valence-corrected chi connectivity index (χ1v) is 5.82. The van der Waals surface area contributed by atoms with Gasteiger partial charge >= 0.3 is 0 Å². The number of hydrogen-bond donors (Lipinski definition) is 2. The van der Waals surface area contributed by atoms with Gasteiger partial charge in [0.1, 0.15) is 0 Å². The van der Waals surface area contributed by atoms with E-state index in [1.54, 1.807) is 12.5 Å². The van der Waals surface area contributed by atoms with E-state index in [-0.39, 0.29) is 6.04 Å². The van der Waals surface area contributed by atoms with E-state index in [0.29, 0.717) is 5.02 Å². The quantitative estimate of drug-likeness (QED) is 0.676. The molecule has 0 spiro atoms. The number of rotatable bonds is 3. The molecule has 0 radical (unpaired) electrons. The SMILES string of the molecule is NNC(c1ccoc1)c1cc(Br)ccc1Cl. The zero-order valence-electron chi connectivity index (χ0n) is 8.28. The number of hydrazine groups is 1. The molecule has 1 aromatic heterocycles. The maximum atomic E-state index is 6.14. The number of furan rings is 1. The van der Waals surface area contributed by atoms with Crippen LogP contribution in [0, 0.1) is 0 Å². The van der Waals surface area contributed by atoms with Gasteiger partial charge in [-0.3, -0.25) is 5.84 Å². The molecule has 1 unspecified atom stereocenters. The summed E-state index contributed by atoms with van der Waals surface area (Å²) in [6.45, 7) is 0. The standard InChI is InChI=1S/C11H10BrClN2O/c12-8-1-2-10(13)9(5-8)11(15-14)7-3-4-16-6-7/h1-6,11,15H,14H2. The second-order valence-electron chi connectivity index (χ2n) is 3.32. The average molecular weight is 302 g/mol. The summed E-state index contributed by atoms with van der Waals surface area (Å²) >= 11 is 9.55. The third-order valence-electron chi connectivity index (χ3n) is 2.31. The first-order valence-electron chi connectivity index (χ1n) is 4.65. The van der Waals surface area contributed by atoms with E-state index in [4.69, 9.17) is 21.9 Å². The summed E-state index contributed by atoms with van der Waals surface area (Å²) in [4.78, 5) is 0. The Labute approximate surface area is 107 Å². The van der Waals surface area contributed by atoms with Gasteiger partial charge < -0.3 is 4.42 Å². The second-order valence-corrected chi connectivity index (χ2v) is 4.65. The molecule has 0 amide bonds. The molecule has 84 valence electrons. The minimum Gasteiger partial charge on any atom is -0.472 e. The predicted octanol–water partition coefficient (Wildman–Crippen LogP) is 3.25. The number of halogens is 2. The smallest absolute Gasteiger partial charge is 0.0954 e. The topological polar surface area (TPSA) is 51.2 Å². The third-order valence-corrected chi connectivity index (χ3v) is 3.15. The molecular formula is C11H10BrClN2O. The molecule has 0 saturated heterocycles. The minimum atomic E-state index is -0.177. The second kappa shape index (κ2) is 5.01. The third kappa shape index (κ3) is 2.30. The fourth-order valence-corrected chi connectivity index (χ4v) is 2.15. The lowest BCUT2D eigenvalue weighted by Crippen LogP contribution is -2.28. The molecule has 2 rings (SSSR count). The molecule has 0 fully saturated rings. The van der Waals surface area contributed by atoms with Gasteiger partial charge in [0.25, 0.3) is 0 Å². The predicted molar refractivity (Wildman–Crippen MR) is 67.0 cm³/mol. The molecule has 1 atom stereocenters. The van der Waals surface area contributed by atoms with Crippen LogP contribution in [0.4, 0.5) is 0 Å². The highest BCUT2D eigenvalue weighted by atomic mass is 79.9. The Balaban J connectivity index is 2.44. The van der Waals surface area contributed by atoms with E-state index >= 15 is 0 Å². The summed E-state index contributed by atoms with van der Waals surface area (Å²) in [5.74, 6) is 5.55. The van der Waals surface area contributed by atoms with Gasteiger partial charge in [-0.05, 0) is 29.8 Å². The summed E-state index contributed by atoms with van der Waals surface area (Å²) in [7, 11) is 0. The monoisotopic (exact) mass is 300 g/mol. The molecule has 0 aliphatic heterocycles. The highest BCUT2D eigenvalue weighted by Gasteiger charge is 2.16. The fraction of sp³-hybridized carbons (Fsp3) is 0.0909. The van der Waals surface area contributed by atoms with Gasteiger partial charge in [0.15, 0.2) is 0 Å². The molecule has 0 bridgehead atoms. The number of hydrogen-bond acceptors (Lipinski definition) is 3. The first kappa shape index (κ1) is 11.7. The van der Waals surface area contributed by atoms with Crippen LogP contribution >= 0.6 is 27.5 Å². The molecule has 3 nitrogen and oxygen atoms in total. The molecule has 1 aromatic carbocycles. The van der Waals surface area contributed by atoms with Crippen LogP contribution in [0.3, 0.4) is 0 Å². The summed E-state index contributed by atoms with van der Waals surface area (Å²) < 4.78 is 5.99. The first-order chi connectivity index (χ1) is 7.72. The summed E-state index contributed by atoms with van der Waals surface area (Å²) in [5.41, 5.74) is 4.56. The molecule has 5 heteroatoms. The summed E-state index contributed by atoms with van der Waals surface area (Å²) in [5, 5.41) is 0.660. The van der Waals surface area contributed by atoms with Crippen molar-refractivity contribution in [2.45, 2.75) is 6.04 Å². The molecule has 2 aromatic rings. The van der Waals surface area contributed by atoms with E-state index in [9.17, 15) is 0 Å². The summed E-state index contributed by atoms with van der Waals surface area (Å²) in [6, 6.07) is 7.31. The van der Waals surface area contributed by atoms with Crippen molar-refractivity contribution in [3.63, 3.8) is 0 Å². The normalized spacial score (nSPS) is 12.7. The van der Waals surface area contributed by atoms with E-state index < -0.39 is 0 Å². The van der Waals surface area contributed by atoms with Crippen molar-refractivity contribution in [2.75, 3.05) is 0 Å². The lowest BCUT2D eigenvalue weighted by molar-refractivity contribution is 0.553. The molecular weight excluding hydrogens is 291 g/mol. The molecule has 16 heavy (non-hydrogen) atoms. The van der Waals surface area contributed by atoms with E-state index in [1.165, 1.54) is 0 Å². The molecule has 0 aliphatic rings. The fourth-order valence-electron chi connectivity index (χ4n) is 1.54. The molecule has 1 heterocycles. The van der Waals surface area contributed by atoms with E-state index in [0.717, 1.165) is 15.6 Å². The van der Waals surface area contributed by atoms with Crippen LogP contribution in [0.5, 0.6) is 0 Å². The lowest BCUT2D eigenvalue weighted by Gasteiger charge is -2.16. The van der Waals surface area contributed by atoms with Crippen LogP contribution in [0.2, 0.25) is 5.02 Å². The van der Waals surface area contributed by atoms with E-state index in [1.807, 2.05) is 24.3 Å². The lowest BCUT2D eigenvalue weighted by atomic mass is 10.0. The van der Waals surface area contributed by atoms with E-state index in [2.05, 4.69) is 21.4 Å². The van der Waals surface area contributed by atoms with Crippen molar-refractivity contribution >= 4 is 27.5 Å². The van der Waals surface area contributed by atoms with Crippen molar-refractivity contribution in [3.8, 4) is 0 Å². The molecule has 0 saturated carbocycles. The van der Waals surface area contributed by atoms with Gasteiger partial charge in [0.05, 0.1) is 18.6 Å². The average Bonchev–Trinajstić information content (AvgIpc) is 2.78. The van der Waals surface area contributed by atoms with Crippen LogP contribution in [0.1, 0.15) is 17.2 Å². The molecule has 3 N–H and O–H groups in total. The Morgan fingerprint density at radius 1 is 1.38 bits per heavy atom. The Morgan fingerprint density at radius 2 is 2.19 bits per heavy atom. The van der Waals surface area contributed by atoms with Gasteiger partial charge in [0, 0.05) is 15.1 Å². The Morgan fingerprint density at radius 3 is 2.81 bits per heavy atom. The van der Waals surface area contributed by atoms with Crippen molar-refractivity contribution in [2.24, 2.45) is 5.84 Å². The summed E-state index contributed by atoms with van der Waals surface area (Å²) in [6.07, 6.45) is 3.24. The van der Waals surface area contributed by atoms with Gasteiger partial charge in [-0.1, -0.05) is 27.5 Å². The Hall–Kier alpha value is -0.810. The Kier molecular flexibility index (Phi) is 3.66. The van der Waals surface area contributed by atoms with Gasteiger partial charge in [-0.25, -0.2) is 5.43 Å². The van der Waals surface area contributed by atoms with Crippen molar-refractivity contribution in [1.82, 2.24) is 5.43 Å². The highest BCUT2D eigenvalue weighted by molar-refractivity contribution is 9.10. The van der Waals surface area contributed by atoms with Gasteiger partial charge in [-0.15, -0.1) is 0 Å². The number of nitrogens with one attached hydrogen (secondary N) is 1. The Bertz CT molecular complexity index is 473. The zero-order valence-corrected chi connectivity index (χ0v) is 10.6. The van der Waals surface area contributed by atoms with Crippen molar-refractivity contribution in [3.05, 3.63) is 57.4 Å². The number of nitrogens with two attached hydrogens (primary N) is 1. The largest absolute Gasteiger partial charge is 0.472 e. The zero-order chi connectivity index (χ0) is 11.5. The van der Waals surface area contributed by atoms with Gasteiger partial charge in [0.2, 0.25) is 0 Å². The van der Waals surface area contributed by atoms with Crippen LogP contribution in [0.15, 0.2) is 45.7 Å². The van der Waals surface area contributed by atoms with Crippen LogP contribution in [0.25, 0.3) is 0 Å².